The third-order valence-corrected chi connectivity index (χ3v) is 2.68. The van der Waals surface area contributed by atoms with E-state index in [0.29, 0.717) is 31.3 Å². The number of aromatic hydroxyl groups is 1. The van der Waals surface area contributed by atoms with Gasteiger partial charge in [-0.3, -0.25) is 0 Å². The molecule has 2 aromatic rings. The molecule has 1 N–H and O–H groups in total. The Labute approximate surface area is 105 Å². The van der Waals surface area contributed by atoms with E-state index in [9.17, 15) is 5.11 Å². The molecule has 0 amide bonds. The van der Waals surface area contributed by atoms with Gasteiger partial charge in [0, 0.05) is 24.2 Å². The molecule has 1 aromatic carbocycles. The summed E-state index contributed by atoms with van der Waals surface area (Å²) in [6.07, 6.45) is 0.620. The fraction of sp³-hybridized carbons (Fsp3) is 0.385. The van der Waals surface area contributed by atoms with Crippen LogP contribution in [0.15, 0.2) is 22.7 Å². The topological polar surface area (TPSA) is 68.4 Å². The van der Waals surface area contributed by atoms with E-state index in [2.05, 4.69) is 10.1 Å². The smallest absolute Gasteiger partial charge is 0.258 e. The summed E-state index contributed by atoms with van der Waals surface area (Å²) >= 11 is 0. The maximum absolute atomic E-state index is 9.63. The van der Waals surface area contributed by atoms with Crippen LogP contribution in [0.1, 0.15) is 18.3 Å². The molecule has 0 radical (unpaired) electrons. The van der Waals surface area contributed by atoms with Crippen LogP contribution in [0.4, 0.5) is 0 Å². The Kier molecular flexibility index (Phi) is 3.94. The van der Waals surface area contributed by atoms with Crippen molar-refractivity contribution in [3.05, 3.63) is 29.6 Å². The van der Waals surface area contributed by atoms with E-state index in [1.807, 2.05) is 19.9 Å². The number of hydrogen-bond donors (Lipinski definition) is 1. The predicted octanol–water partition coefficient (Wildman–Crippen LogP) is 2.33. The van der Waals surface area contributed by atoms with Crippen LogP contribution < -0.4 is 0 Å². The van der Waals surface area contributed by atoms with Crippen molar-refractivity contribution in [1.29, 1.82) is 0 Å². The highest BCUT2D eigenvalue weighted by Crippen LogP contribution is 2.27. The van der Waals surface area contributed by atoms with Crippen molar-refractivity contribution in [1.82, 2.24) is 10.1 Å². The Bertz CT molecular complexity index is 523. The lowest BCUT2D eigenvalue weighted by molar-refractivity contribution is 0.149. The Morgan fingerprint density at radius 2 is 2.22 bits per heavy atom. The predicted molar refractivity (Wildman–Crippen MR) is 66.3 cm³/mol. The fourth-order valence-corrected chi connectivity index (χ4v) is 1.63. The summed E-state index contributed by atoms with van der Waals surface area (Å²) in [5.41, 5.74) is 1.49. The standard InChI is InChI=1S/C13H16N2O3/c1-3-17-8-7-12-14-13(18-15-12)10-5-4-6-11(16)9(10)2/h4-6,16H,3,7-8H2,1-2H3. The third kappa shape index (κ3) is 2.68. The molecule has 96 valence electrons. The van der Waals surface area contributed by atoms with E-state index in [0.717, 1.165) is 11.1 Å². The molecule has 1 aromatic heterocycles. The summed E-state index contributed by atoms with van der Waals surface area (Å²) in [5, 5.41) is 13.5. The van der Waals surface area contributed by atoms with E-state index in [1.165, 1.54) is 0 Å². The fourth-order valence-electron chi connectivity index (χ4n) is 1.63. The summed E-state index contributed by atoms with van der Waals surface area (Å²) in [5.74, 6) is 1.26. The van der Waals surface area contributed by atoms with E-state index < -0.39 is 0 Å². The van der Waals surface area contributed by atoms with Gasteiger partial charge in [-0.1, -0.05) is 11.2 Å². The minimum absolute atomic E-state index is 0.224. The van der Waals surface area contributed by atoms with Gasteiger partial charge >= 0.3 is 0 Å². The van der Waals surface area contributed by atoms with Crippen LogP contribution in [0, 0.1) is 6.92 Å². The highest BCUT2D eigenvalue weighted by molar-refractivity contribution is 5.61. The van der Waals surface area contributed by atoms with Gasteiger partial charge in [-0.2, -0.15) is 4.98 Å². The molecule has 2 rings (SSSR count). The number of phenolic OH excluding ortho intramolecular Hbond substituents is 1. The number of benzene rings is 1. The molecule has 0 atom stereocenters. The first-order valence-electron chi connectivity index (χ1n) is 5.91. The molecule has 5 heteroatoms. The quantitative estimate of drug-likeness (QED) is 0.822. The molecule has 0 aliphatic heterocycles. The molecule has 0 bridgehead atoms. The molecule has 0 fully saturated rings. The molecule has 1 heterocycles. The van der Waals surface area contributed by atoms with Gasteiger partial charge in [-0.15, -0.1) is 0 Å². The zero-order chi connectivity index (χ0) is 13.0. The summed E-state index contributed by atoms with van der Waals surface area (Å²) in [7, 11) is 0. The van der Waals surface area contributed by atoms with Crippen molar-refractivity contribution >= 4 is 0 Å². The van der Waals surface area contributed by atoms with Crippen LogP contribution in [-0.4, -0.2) is 28.5 Å². The lowest BCUT2D eigenvalue weighted by Crippen LogP contribution is -1.99. The summed E-state index contributed by atoms with van der Waals surface area (Å²) in [6, 6.07) is 5.22. The molecule has 0 unspecified atom stereocenters. The Morgan fingerprint density at radius 1 is 1.39 bits per heavy atom. The Hall–Kier alpha value is -1.88. The largest absolute Gasteiger partial charge is 0.508 e. The minimum atomic E-state index is 0.224. The molecule has 18 heavy (non-hydrogen) atoms. The monoisotopic (exact) mass is 248 g/mol. The van der Waals surface area contributed by atoms with E-state index in [4.69, 9.17) is 9.26 Å². The highest BCUT2D eigenvalue weighted by Gasteiger charge is 2.12. The van der Waals surface area contributed by atoms with Crippen LogP contribution in [0.5, 0.6) is 5.75 Å². The van der Waals surface area contributed by atoms with Gasteiger partial charge in [0.05, 0.1) is 6.61 Å². The summed E-state index contributed by atoms with van der Waals surface area (Å²) < 4.78 is 10.4. The van der Waals surface area contributed by atoms with Gasteiger partial charge in [0.15, 0.2) is 5.82 Å². The lowest BCUT2D eigenvalue weighted by Gasteiger charge is -2.01. The average molecular weight is 248 g/mol. The molecule has 0 aliphatic carbocycles. The second kappa shape index (κ2) is 5.64. The van der Waals surface area contributed by atoms with E-state index in [1.54, 1.807) is 12.1 Å². The minimum Gasteiger partial charge on any atom is -0.508 e. The molecule has 0 spiro atoms. The van der Waals surface area contributed by atoms with Gasteiger partial charge in [-0.25, -0.2) is 0 Å². The van der Waals surface area contributed by atoms with Crippen molar-refractivity contribution < 1.29 is 14.4 Å². The van der Waals surface area contributed by atoms with E-state index in [-0.39, 0.29) is 5.75 Å². The number of aromatic nitrogens is 2. The molecule has 5 nitrogen and oxygen atoms in total. The van der Waals surface area contributed by atoms with Crippen molar-refractivity contribution in [3.8, 4) is 17.2 Å². The van der Waals surface area contributed by atoms with Crippen LogP contribution in [-0.2, 0) is 11.2 Å². The van der Waals surface area contributed by atoms with Gasteiger partial charge in [0.2, 0.25) is 0 Å². The maximum atomic E-state index is 9.63. The SMILES string of the molecule is CCOCCc1noc(-c2cccc(O)c2C)n1. The molecule has 0 saturated heterocycles. The van der Waals surface area contributed by atoms with Gasteiger partial charge in [-0.05, 0) is 26.0 Å². The second-order valence-corrected chi connectivity index (χ2v) is 3.91. The number of phenols is 1. The van der Waals surface area contributed by atoms with Crippen molar-refractivity contribution in [2.75, 3.05) is 13.2 Å². The normalized spacial score (nSPS) is 10.8. The third-order valence-electron chi connectivity index (χ3n) is 2.68. The molecular formula is C13H16N2O3. The summed E-state index contributed by atoms with van der Waals surface area (Å²) in [4.78, 5) is 4.29. The maximum Gasteiger partial charge on any atom is 0.258 e. The van der Waals surface area contributed by atoms with E-state index >= 15 is 0 Å². The summed E-state index contributed by atoms with van der Waals surface area (Å²) in [6.45, 7) is 5.01. The van der Waals surface area contributed by atoms with Crippen LogP contribution >= 0.6 is 0 Å². The number of hydrogen-bond acceptors (Lipinski definition) is 5. The number of nitrogens with zero attached hydrogens (tertiary/aromatic N) is 2. The van der Waals surface area contributed by atoms with Crippen LogP contribution in [0.25, 0.3) is 11.5 Å². The first-order chi connectivity index (χ1) is 8.72. The van der Waals surface area contributed by atoms with Crippen molar-refractivity contribution in [3.63, 3.8) is 0 Å². The van der Waals surface area contributed by atoms with Crippen molar-refractivity contribution in [2.24, 2.45) is 0 Å². The molecular weight excluding hydrogens is 232 g/mol. The van der Waals surface area contributed by atoms with Crippen LogP contribution in [0.3, 0.4) is 0 Å². The highest BCUT2D eigenvalue weighted by atomic mass is 16.5. The first kappa shape index (κ1) is 12.6. The van der Waals surface area contributed by atoms with Gasteiger partial charge in [0.25, 0.3) is 5.89 Å². The lowest BCUT2D eigenvalue weighted by atomic mass is 10.1. The number of ether oxygens (including phenoxy) is 1. The Morgan fingerprint density at radius 3 is 3.00 bits per heavy atom. The zero-order valence-electron chi connectivity index (χ0n) is 10.5. The van der Waals surface area contributed by atoms with Crippen LogP contribution in [0.2, 0.25) is 0 Å². The zero-order valence-corrected chi connectivity index (χ0v) is 10.5. The molecule has 0 aliphatic rings. The second-order valence-electron chi connectivity index (χ2n) is 3.91. The van der Waals surface area contributed by atoms with Crippen molar-refractivity contribution in [2.45, 2.75) is 20.3 Å². The van der Waals surface area contributed by atoms with Gasteiger partial charge in [0.1, 0.15) is 5.75 Å². The molecule has 0 saturated carbocycles. The van der Waals surface area contributed by atoms with Gasteiger partial charge < -0.3 is 14.4 Å². The first-order valence-corrected chi connectivity index (χ1v) is 5.91. The number of rotatable bonds is 5. The Balaban J connectivity index is 2.16. The average Bonchev–Trinajstić information content (AvgIpc) is 2.82.